The number of piperidine rings is 1. The van der Waals surface area contributed by atoms with Gasteiger partial charge in [0.2, 0.25) is 11.8 Å². The third kappa shape index (κ3) is 4.01. The van der Waals surface area contributed by atoms with Gasteiger partial charge in [-0.05, 0) is 32.9 Å². The van der Waals surface area contributed by atoms with Gasteiger partial charge in [-0.1, -0.05) is 11.6 Å². The zero-order valence-corrected chi connectivity index (χ0v) is 12.1. The summed E-state index contributed by atoms with van der Waals surface area (Å²) in [6.45, 7) is 4.49. The molecule has 2 heterocycles. The van der Waals surface area contributed by atoms with Crippen molar-refractivity contribution in [2.45, 2.75) is 45.4 Å². The Morgan fingerprint density at radius 3 is 2.90 bits per heavy atom. The van der Waals surface area contributed by atoms with Gasteiger partial charge in [0.05, 0.1) is 12.6 Å². The highest BCUT2D eigenvalue weighted by Crippen LogP contribution is 2.12. The van der Waals surface area contributed by atoms with Crippen LogP contribution < -0.4 is 5.32 Å². The molecule has 1 atom stereocenters. The van der Waals surface area contributed by atoms with E-state index in [0.717, 1.165) is 13.1 Å². The van der Waals surface area contributed by atoms with Crippen LogP contribution in [0, 0.1) is 0 Å². The summed E-state index contributed by atoms with van der Waals surface area (Å²) in [5.41, 5.74) is 0. The number of likely N-dealkylation sites (tertiary alicyclic amines) is 1. The predicted octanol–water partition coefficient (Wildman–Crippen LogP) is 0.707. The summed E-state index contributed by atoms with van der Waals surface area (Å²) in [7, 11) is 1.57. The predicted molar refractivity (Wildman–Crippen MR) is 71.7 cm³/mol. The fourth-order valence-corrected chi connectivity index (χ4v) is 2.33. The largest absolute Gasteiger partial charge is 0.377 e. The maximum atomic E-state index is 12.1. The third-order valence-corrected chi connectivity index (χ3v) is 3.52. The molecule has 0 aromatic carbocycles. The quantitative estimate of drug-likeness (QED) is 0.827. The number of aromatic nitrogens is 2. The summed E-state index contributed by atoms with van der Waals surface area (Å²) in [5.74, 6) is 0.885. The van der Waals surface area contributed by atoms with Crippen LogP contribution >= 0.6 is 0 Å². The van der Waals surface area contributed by atoms with Crippen LogP contribution in [0.25, 0.3) is 0 Å². The maximum Gasteiger partial charge on any atom is 0.246 e. The molecule has 1 aromatic heterocycles. The minimum Gasteiger partial charge on any atom is -0.377 e. The Bertz CT molecular complexity index is 429. The summed E-state index contributed by atoms with van der Waals surface area (Å²) < 4.78 is 9.93. The maximum absolute atomic E-state index is 12.1. The Balaban J connectivity index is 1.78. The molecule has 1 saturated heterocycles. The van der Waals surface area contributed by atoms with Gasteiger partial charge < -0.3 is 14.6 Å². The lowest BCUT2D eigenvalue weighted by Crippen LogP contribution is -2.46. The molecule has 1 aromatic rings. The SMILES string of the molecule is COCc1noc(CNC(=O)[C@H](C)N2CCCCC2)n1. The highest BCUT2D eigenvalue weighted by Gasteiger charge is 2.22. The van der Waals surface area contributed by atoms with Crippen LogP contribution in [0.4, 0.5) is 0 Å². The number of hydrogen-bond donors (Lipinski definition) is 1. The van der Waals surface area contributed by atoms with Gasteiger partial charge in [-0.25, -0.2) is 0 Å². The second-order valence-corrected chi connectivity index (χ2v) is 5.03. The second-order valence-electron chi connectivity index (χ2n) is 5.03. The van der Waals surface area contributed by atoms with E-state index in [1.807, 2.05) is 6.92 Å². The number of methoxy groups -OCH3 is 1. The zero-order chi connectivity index (χ0) is 14.4. The van der Waals surface area contributed by atoms with Crippen molar-refractivity contribution >= 4 is 5.91 Å². The Labute approximate surface area is 118 Å². The van der Waals surface area contributed by atoms with Gasteiger partial charge in [0.1, 0.15) is 6.61 Å². The molecule has 0 spiro atoms. The molecule has 7 nitrogen and oxygen atoms in total. The van der Waals surface area contributed by atoms with Gasteiger partial charge in [-0.3, -0.25) is 9.69 Å². The molecule has 1 fully saturated rings. The fourth-order valence-electron chi connectivity index (χ4n) is 2.33. The highest BCUT2D eigenvalue weighted by molar-refractivity contribution is 5.81. The first-order valence-electron chi connectivity index (χ1n) is 7.03. The summed E-state index contributed by atoms with van der Waals surface area (Å²) in [6, 6.07) is -0.114. The van der Waals surface area contributed by atoms with Crippen molar-refractivity contribution in [1.82, 2.24) is 20.4 Å². The summed E-state index contributed by atoms with van der Waals surface area (Å²) in [5, 5.41) is 6.58. The molecule has 0 saturated carbocycles. The molecule has 1 aliphatic heterocycles. The number of ether oxygens (including phenoxy) is 1. The van der Waals surface area contributed by atoms with E-state index in [0.29, 0.717) is 18.3 Å². The lowest BCUT2D eigenvalue weighted by atomic mass is 10.1. The molecule has 0 bridgehead atoms. The smallest absolute Gasteiger partial charge is 0.246 e. The van der Waals surface area contributed by atoms with E-state index in [4.69, 9.17) is 9.26 Å². The summed E-state index contributed by atoms with van der Waals surface area (Å²) >= 11 is 0. The second kappa shape index (κ2) is 7.35. The van der Waals surface area contributed by atoms with Crippen molar-refractivity contribution in [3.63, 3.8) is 0 Å². The molecular formula is C13H22N4O3. The summed E-state index contributed by atoms with van der Waals surface area (Å²) in [4.78, 5) is 18.4. The van der Waals surface area contributed by atoms with E-state index in [2.05, 4.69) is 20.4 Å². The van der Waals surface area contributed by atoms with Crippen LogP contribution in [0.3, 0.4) is 0 Å². The molecule has 0 radical (unpaired) electrons. The van der Waals surface area contributed by atoms with Crippen molar-refractivity contribution < 1.29 is 14.1 Å². The van der Waals surface area contributed by atoms with Crippen LogP contribution in [0.1, 0.15) is 37.9 Å². The van der Waals surface area contributed by atoms with Crippen molar-refractivity contribution in [3.05, 3.63) is 11.7 Å². The van der Waals surface area contributed by atoms with Gasteiger partial charge in [0, 0.05) is 7.11 Å². The molecule has 1 amide bonds. The lowest BCUT2D eigenvalue weighted by molar-refractivity contribution is -0.126. The average molecular weight is 282 g/mol. The average Bonchev–Trinajstić information content (AvgIpc) is 2.93. The molecule has 20 heavy (non-hydrogen) atoms. The number of carbonyl (C=O) groups excluding carboxylic acids is 1. The zero-order valence-electron chi connectivity index (χ0n) is 12.1. The Kier molecular flexibility index (Phi) is 5.49. The van der Waals surface area contributed by atoms with Crippen LogP contribution in [-0.4, -0.2) is 47.2 Å². The molecule has 2 rings (SSSR count). The normalized spacial score (nSPS) is 17.9. The number of rotatable bonds is 6. The van der Waals surface area contributed by atoms with E-state index < -0.39 is 0 Å². The molecule has 0 aliphatic carbocycles. The van der Waals surface area contributed by atoms with Gasteiger partial charge >= 0.3 is 0 Å². The first kappa shape index (κ1) is 14.9. The van der Waals surface area contributed by atoms with Crippen molar-refractivity contribution in [3.8, 4) is 0 Å². The van der Waals surface area contributed by atoms with E-state index in [1.54, 1.807) is 7.11 Å². The first-order valence-corrected chi connectivity index (χ1v) is 7.03. The third-order valence-electron chi connectivity index (χ3n) is 3.52. The van der Waals surface area contributed by atoms with E-state index in [1.165, 1.54) is 19.3 Å². The van der Waals surface area contributed by atoms with Crippen LogP contribution in [0.2, 0.25) is 0 Å². The number of hydrogen-bond acceptors (Lipinski definition) is 6. The Morgan fingerprint density at radius 2 is 2.20 bits per heavy atom. The summed E-state index contributed by atoms with van der Waals surface area (Å²) in [6.07, 6.45) is 3.60. The highest BCUT2D eigenvalue weighted by atomic mass is 16.5. The van der Waals surface area contributed by atoms with Gasteiger partial charge in [-0.2, -0.15) is 4.98 Å². The molecule has 1 aliphatic rings. The number of carbonyl (C=O) groups is 1. The first-order chi connectivity index (χ1) is 9.70. The van der Waals surface area contributed by atoms with Crippen LogP contribution in [0.15, 0.2) is 4.52 Å². The topological polar surface area (TPSA) is 80.5 Å². The number of amides is 1. The molecule has 7 heteroatoms. The van der Waals surface area contributed by atoms with Gasteiger partial charge in [0.25, 0.3) is 0 Å². The Morgan fingerprint density at radius 1 is 1.45 bits per heavy atom. The van der Waals surface area contributed by atoms with E-state index >= 15 is 0 Å². The van der Waals surface area contributed by atoms with Crippen LogP contribution in [-0.2, 0) is 22.7 Å². The number of nitrogens with zero attached hydrogens (tertiary/aromatic N) is 3. The Hall–Kier alpha value is -1.47. The van der Waals surface area contributed by atoms with Crippen molar-refractivity contribution in [2.75, 3.05) is 20.2 Å². The van der Waals surface area contributed by atoms with E-state index in [9.17, 15) is 4.79 Å². The van der Waals surface area contributed by atoms with Crippen molar-refractivity contribution in [2.24, 2.45) is 0 Å². The number of nitrogens with one attached hydrogen (secondary N) is 1. The lowest BCUT2D eigenvalue weighted by Gasteiger charge is -2.31. The van der Waals surface area contributed by atoms with Gasteiger partial charge in [0.15, 0.2) is 5.82 Å². The van der Waals surface area contributed by atoms with Gasteiger partial charge in [-0.15, -0.1) is 0 Å². The fraction of sp³-hybridized carbons (Fsp3) is 0.769. The van der Waals surface area contributed by atoms with E-state index in [-0.39, 0.29) is 18.5 Å². The van der Waals surface area contributed by atoms with Crippen molar-refractivity contribution in [1.29, 1.82) is 0 Å². The molecule has 1 N–H and O–H groups in total. The van der Waals surface area contributed by atoms with Crippen LogP contribution in [0.5, 0.6) is 0 Å². The minimum atomic E-state index is -0.114. The minimum absolute atomic E-state index is 0.00149. The molecular weight excluding hydrogens is 260 g/mol. The monoisotopic (exact) mass is 282 g/mol. The standard InChI is InChI=1S/C13H22N4O3/c1-10(17-6-4-3-5-7-17)13(18)14-8-12-15-11(9-19-2)16-20-12/h10H,3-9H2,1-2H3,(H,14,18)/t10-/m0/s1. The molecule has 112 valence electrons. The molecule has 0 unspecified atom stereocenters.